The van der Waals surface area contributed by atoms with Crippen molar-refractivity contribution in [1.29, 1.82) is 0 Å². The molecule has 2 N–H and O–H groups in total. The van der Waals surface area contributed by atoms with Gasteiger partial charge in [-0.3, -0.25) is 0 Å². The van der Waals surface area contributed by atoms with Crippen molar-refractivity contribution in [1.82, 2.24) is 0 Å². The lowest BCUT2D eigenvalue weighted by Crippen LogP contribution is -3.00. The third-order valence-corrected chi connectivity index (χ3v) is 16.3. The van der Waals surface area contributed by atoms with E-state index in [4.69, 9.17) is 0 Å². The van der Waals surface area contributed by atoms with Gasteiger partial charge in [-0.05, 0) is 122 Å². The molecular formula is C39H60IO2P. The second-order valence-corrected chi connectivity index (χ2v) is 19.1. The molecule has 2 nitrogen and oxygen atoms in total. The number of hydrogen-bond acceptors (Lipinski definition) is 2. The Morgan fingerprint density at radius 2 is 1.51 bits per heavy atom. The molecule has 0 aliphatic heterocycles. The first-order valence-corrected chi connectivity index (χ1v) is 20.4. The van der Waals surface area contributed by atoms with Crippen molar-refractivity contribution >= 4 is 12.6 Å². The van der Waals surface area contributed by atoms with E-state index in [0.29, 0.717) is 29.4 Å². The van der Waals surface area contributed by atoms with Crippen LogP contribution < -0.4 is 29.3 Å². The smallest absolute Gasteiger partial charge is 0.115 e. The number of aromatic hydroxyl groups is 1. The highest BCUT2D eigenvalue weighted by Gasteiger charge is 2.56. The van der Waals surface area contributed by atoms with Crippen LogP contribution in [0.25, 0.3) is 0 Å². The number of phenolic OH excluding ortho intramolecular Hbond substituents is 1. The fraction of sp³-hybridized carbons (Fsp3) is 0.692. The SMILES string of the molecule is CCCC[P+](C)(CCCCCCCCCC[C@@H]1Cc2cc(O)ccc2[C@H]2CC[C@]3(C)[C@@H](O)CC[C@H]3[C@H]12)c1ccccc1.[I-]. The second-order valence-electron chi connectivity index (χ2n) is 14.9. The zero-order valence-corrected chi connectivity index (χ0v) is 30.5. The monoisotopic (exact) mass is 718 g/mol. The van der Waals surface area contributed by atoms with Crippen molar-refractivity contribution < 1.29 is 34.2 Å². The van der Waals surface area contributed by atoms with Gasteiger partial charge in [-0.2, -0.15) is 0 Å². The molecule has 0 bridgehead atoms. The minimum Gasteiger partial charge on any atom is -1.00 e. The molecule has 2 fully saturated rings. The van der Waals surface area contributed by atoms with Gasteiger partial charge in [-0.1, -0.05) is 83.1 Å². The Hall–Kier alpha value is -0.640. The summed E-state index contributed by atoms with van der Waals surface area (Å²) >= 11 is 0. The largest absolute Gasteiger partial charge is 1.00 e. The van der Waals surface area contributed by atoms with Crippen LogP contribution in [0.2, 0.25) is 0 Å². The first kappa shape index (κ1) is 35.2. The fourth-order valence-electron chi connectivity index (χ4n) is 9.62. The summed E-state index contributed by atoms with van der Waals surface area (Å²) in [5, 5.41) is 22.8. The maximum atomic E-state index is 10.9. The van der Waals surface area contributed by atoms with Gasteiger partial charge in [-0.15, -0.1) is 0 Å². The van der Waals surface area contributed by atoms with Crippen molar-refractivity contribution in [2.75, 3.05) is 19.0 Å². The molecule has 0 aromatic heterocycles. The van der Waals surface area contributed by atoms with E-state index < -0.39 is 7.26 Å². The Kier molecular flexibility index (Phi) is 13.3. The maximum absolute atomic E-state index is 10.9. The van der Waals surface area contributed by atoms with Gasteiger partial charge in [-0.25, -0.2) is 0 Å². The fourth-order valence-corrected chi connectivity index (χ4v) is 13.2. The molecular weight excluding hydrogens is 658 g/mol. The van der Waals surface area contributed by atoms with Crippen molar-refractivity contribution in [2.45, 2.75) is 129 Å². The molecule has 43 heavy (non-hydrogen) atoms. The lowest BCUT2D eigenvalue weighted by atomic mass is 9.52. The van der Waals surface area contributed by atoms with Gasteiger partial charge in [0.25, 0.3) is 0 Å². The van der Waals surface area contributed by atoms with Crippen LogP contribution in [-0.4, -0.2) is 35.3 Å². The van der Waals surface area contributed by atoms with E-state index in [0.717, 1.165) is 19.3 Å². The lowest BCUT2D eigenvalue weighted by Gasteiger charge is -2.53. The van der Waals surface area contributed by atoms with Crippen LogP contribution in [0.4, 0.5) is 0 Å². The third-order valence-electron chi connectivity index (χ3n) is 12.2. The van der Waals surface area contributed by atoms with E-state index in [1.165, 1.54) is 107 Å². The van der Waals surface area contributed by atoms with Gasteiger partial charge in [0.2, 0.25) is 0 Å². The Labute approximate surface area is 281 Å². The van der Waals surface area contributed by atoms with Gasteiger partial charge in [0.05, 0.1) is 30.4 Å². The molecule has 7 atom stereocenters. The molecule has 4 heteroatoms. The summed E-state index contributed by atoms with van der Waals surface area (Å²) in [5.74, 6) is 3.12. The first-order chi connectivity index (χ1) is 20.4. The van der Waals surface area contributed by atoms with Crippen LogP contribution in [0.1, 0.15) is 127 Å². The van der Waals surface area contributed by atoms with Crippen molar-refractivity contribution in [3.05, 3.63) is 59.7 Å². The summed E-state index contributed by atoms with van der Waals surface area (Å²) in [4.78, 5) is 0. The van der Waals surface area contributed by atoms with E-state index in [2.05, 4.69) is 63.0 Å². The first-order valence-electron chi connectivity index (χ1n) is 17.8. The predicted molar refractivity (Wildman–Crippen MR) is 183 cm³/mol. The molecule has 3 aliphatic rings. The molecule has 3 aliphatic carbocycles. The van der Waals surface area contributed by atoms with Crippen molar-refractivity contribution in [3.63, 3.8) is 0 Å². The van der Waals surface area contributed by atoms with E-state index in [9.17, 15) is 10.2 Å². The summed E-state index contributed by atoms with van der Waals surface area (Å²) in [7, 11) is -0.999. The quantitative estimate of drug-likeness (QED) is 0.117. The Morgan fingerprint density at radius 3 is 2.23 bits per heavy atom. The lowest BCUT2D eigenvalue weighted by molar-refractivity contribution is -0.0396. The highest BCUT2D eigenvalue weighted by atomic mass is 127. The van der Waals surface area contributed by atoms with Gasteiger partial charge >= 0.3 is 0 Å². The van der Waals surface area contributed by atoms with Crippen molar-refractivity contribution in [3.8, 4) is 5.75 Å². The minimum atomic E-state index is -0.999. The summed E-state index contributed by atoms with van der Waals surface area (Å²) in [5.41, 5.74) is 3.03. The van der Waals surface area contributed by atoms with Gasteiger partial charge in [0.1, 0.15) is 5.75 Å². The number of unbranched alkanes of at least 4 members (excludes halogenated alkanes) is 8. The van der Waals surface area contributed by atoms with Crippen LogP contribution in [0, 0.1) is 23.2 Å². The Balaban J connectivity index is 0.00000423. The number of rotatable bonds is 15. The van der Waals surface area contributed by atoms with Crippen LogP contribution >= 0.6 is 7.26 Å². The highest BCUT2D eigenvalue weighted by molar-refractivity contribution is 7.82. The zero-order valence-electron chi connectivity index (χ0n) is 27.5. The summed E-state index contributed by atoms with van der Waals surface area (Å²) in [6.45, 7) is 7.33. The molecule has 5 rings (SSSR count). The van der Waals surface area contributed by atoms with Gasteiger partial charge in [0, 0.05) is 7.26 Å². The number of fused-ring (bicyclic) bond motifs is 5. The zero-order chi connectivity index (χ0) is 29.6. The topological polar surface area (TPSA) is 40.5 Å². The molecule has 240 valence electrons. The average molecular weight is 719 g/mol. The molecule has 0 radical (unpaired) electrons. The van der Waals surface area contributed by atoms with E-state index >= 15 is 0 Å². The predicted octanol–water partition coefficient (Wildman–Crippen LogP) is 7.12. The summed E-state index contributed by atoms with van der Waals surface area (Å²) in [6, 6.07) is 17.6. The molecule has 2 saturated carbocycles. The van der Waals surface area contributed by atoms with Crippen LogP contribution in [0.5, 0.6) is 5.75 Å². The third kappa shape index (κ3) is 8.21. The number of aliphatic hydroxyl groups excluding tert-OH is 1. The number of halogens is 1. The van der Waals surface area contributed by atoms with Crippen LogP contribution in [-0.2, 0) is 6.42 Å². The summed E-state index contributed by atoms with van der Waals surface area (Å²) in [6.07, 6.45) is 23.5. The molecule has 0 saturated heterocycles. The standard InChI is InChI=1S/C39H59O2P.HI/c1-4-5-26-42(3,33-18-14-12-15-19-33)27-16-11-9-7-6-8-10-13-17-30-28-31-29-32(40)20-21-34(31)35-24-25-39(2)36(38(30)35)22-23-37(39)41;/h12,14-15,18-21,29-30,35-38,41H,4-11,13,16-17,22-28H2,1-3H3;1H/t30-,35-,36+,37+,38-,39+,42?;/m1./s1. The van der Waals surface area contributed by atoms with E-state index in [-0.39, 0.29) is 35.5 Å². The van der Waals surface area contributed by atoms with E-state index in [1.54, 1.807) is 5.30 Å². The van der Waals surface area contributed by atoms with Gasteiger partial charge in [0.15, 0.2) is 0 Å². The van der Waals surface area contributed by atoms with E-state index in [1.807, 2.05) is 6.07 Å². The summed E-state index contributed by atoms with van der Waals surface area (Å²) < 4.78 is 0. The van der Waals surface area contributed by atoms with Crippen LogP contribution in [0.3, 0.4) is 0 Å². The molecule has 0 spiro atoms. The number of aliphatic hydroxyl groups is 1. The molecule has 2 aromatic carbocycles. The highest BCUT2D eigenvalue weighted by Crippen LogP contribution is 2.63. The Bertz CT molecular complexity index is 1120. The number of benzene rings is 2. The van der Waals surface area contributed by atoms with Gasteiger partial charge < -0.3 is 34.2 Å². The normalized spacial score (nSPS) is 29.2. The average Bonchev–Trinajstić information content (AvgIpc) is 3.30. The number of hydrogen-bond donors (Lipinski definition) is 2. The maximum Gasteiger partial charge on any atom is 0.115 e. The Morgan fingerprint density at radius 1 is 0.837 bits per heavy atom. The second kappa shape index (κ2) is 16.3. The molecule has 0 amide bonds. The number of phenols is 1. The molecule has 0 heterocycles. The molecule has 2 aromatic rings. The minimum absolute atomic E-state index is 0. The van der Waals surface area contributed by atoms with Crippen molar-refractivity contribution in [2.24, 2.45) is 23.2 Å². The van der Waals surface area contributed by atoms with Crippen LogP contribution in [0.15, 0.2) is 48.5 Å². The molecule has 1 unspecified atom stereocenters.